The minimum absolute atomic E-state index is 0.204. The maximum absolute atomic E-state index is 9.93. The summed E-state index contributed by atoms with van der Waals surface area (Å²) in [6.45, 7) is 0.428. The summed E-state index contributed by atoms with van der Waals surface area (Å²) in [5, 5.41) is 30.6. The normalized spacial score (nSPS) is 16.6. The van der Waals surface area contributed by atoms with Gasteiger partial charge in [-0.25, -0.2) is 0 Å². The maximum Gasteiger partial charge on any atom is 0.231 e. The molecule has 0 radical (unpaired) electrons. The first-order valence-electron chi connectivity index (χ1n) is 5.78. The zero-order chi connectivity index (χ0) is 13.0. The Morgan fingerprint density at radius 1 is 1.17 bits per heavy atom. The Kier molecular flexibility index (Phi) is 4.38. The van der Waals surface area contributed by atoms with Crippen LogP contribution in [0.3, 0.4) is 0 Å². The molecule has 1 aromatic carbocycles. The van der Waals surface area contributed by atoms with E-state index in [-0.39, 0.29) is 26.5 Å². The highest BCUT2D eigenvalue weighted by molar-refractivity contribution is 5.45. The van der Waals surface area contributed by atoms with Gasteiger partial charge in [0.1, 0.15) is 0 Å². The van der Waals surface area contributed by atoms with Crippen molar-refractivity contribution in [1.82, 2.24) is 5.32 Å². The van der Waals surface area contributed by atoms with E-state index in [1.807, 2.05) is 0 Å². The molecule has 6 nitrogen and oxygen atoms in total. The summed E-state index contributed by atoms with van der Waals surface area (Å²) in [5.74, 6) is 1.30. The van der Waals surface area contributed by atoms with Gasteiger partial charge in [-0.05, 0) is 17.7 Å². The van der Waals surface area contributed by atoms with Gasteiger partial charge in [0.05, 0.1) is 18.8 Å². The summed E-state index contributed by atoms with van der Waals surface area (Å²) in [6, 6.07) is 5.25. The number of ether oxygens (including phenoxy) is 2. The molecule has 2 unspecified atom stereocenters. The molecule has 2 atom stereocenters. The second-order valence-corrected chi connectivity index (χ2v) is 4.12. The standard InChI is InChI=1S/C12H17NO5/c14-6-9(15)4-13-5-10(16)8-1-2-11-12(3-8)18-7-17-11/h1-3,9-10,13-16H,4-7H2. The van der Waals surface area contributed by atoms with Gasteiger partial charge in [0.25, 0.3) is 0 Å². The van der Waals surface area contributed by atoms with Crippen LogP contribution in [0.1, 0.15) is 11.7 Å². The van der Waals surface area contributed by atoms with Crippen LogP contribution in [0, 0.1) is 0 Å². The highest BCUT2D eigenvalue weighted by Crippen LogP contribution is 2.33. The largest absolute Gasteiger partial charge is 0.454 e. The van der Waals surface area contributed by atoms with Crippen molar-refractivity contribution >= 4 is 0 Å². The third-order valence-corrected chi connectivity index (χ3v) is 2.71. The van der Waals surface area contributed by atoms with Crippen molar-refractivity contribution in [3.63, 3.8) is 0 Å². The third-order valence-electron chi connectivity index (χ3n) is 2.71. The van der Waals surface area contributed by atoms with Crippen LogP contribution in [0.15, 0.2) is 18.2 Å². The average molecular weight is 255 g/mol. The molecule has 0 fully saturated rings. The van der Waals surface area contributed by atoms with Crippen LogP contribution in [0.5, 0.6) is 11.5 Å². The van der Waals surface area contributed by atoms with Gasteiger partial charge in [0, 0.05) is 13.1 Å². The lowest BCUT2D eigenvalue weighted by atomic mass is 10.1. The van der Waals surface area contributed by atoms with Crippen molar-refractivity contribution in [3.05, 3.63) is 23.8 Å². The summed E-state index contributed by atoms with van der Waals surface area (Å²) in [7, 11) is 0. The van der Waals surface area contributed by atoms with Crippen LogP contribution in [0.4, 0.5) is 0 Å². The molecule has 0 aromatic heterocycles. The molecule has 0 amide bonds. The fourth-order valence-corrected chi connectivity index (χ4v) is 1.69. The number of hydrogen-bond acceptors (Lipinski definition) is 6. The Hall–Kier alpha value is -1.34. The molecule has 2 rings (SSSR count). The smallest absolute Gasteiger partial charge is 0.231 e. The summed E-state index contributed by atoms with van der Waals surface area (Å²) < 4.78 is 10.4. The number of benzene rings is 1. The van der Waals surface area contributed by atoms with E-state index in [2.05, 4.69) is 5.32 Å². The number of nitrogens with one attached hydrogen (secondary N) is 1. The quantitative estimate of drug-likeness (QED) is 0.542. The van der Waals surface area contributed by atoms with Gasteiger partial charge in [0.2, 0.25) is 6.79 Å². The Bertz CT molecular complexity index is 398. The highest BCUT2D eigenvalue weighted by atomic mass is 16.7. The first kappa shape index (κ1) is 13.1. The van der Waals surface area contributed by atoms with Gasteiger partial charge in [-0.15, -0.1) is 0 Å². The third kappa shape index (κ3) is 3.11. The van der Waals surface area contributed by atoms with Crippen LogP contribution in [-0.4, -0.2) is 47.9 Å². The van der Waals surface area contributed by atoms with Crippen LogP contribution < -0.4 is 14.8 Å². The van der Waals surface area contributed by atoms with E-state index in [1.54, 1.807) is 18.2 Å². The maximum atomic E-state index is 9.93. The van der Waals surface area contributed by atoms with Crippen molar-refractivity contribution in [2.45, 2.75) is 12.2 Å². The predicted octanol–water partition coefficient (Wildman–Crippen LogP) is -0.609. The van der Waals surface area contributed by atoms with E-state index in [1.165, 1.54) is 0 Å². The molecule has 100 valence electrons. The Labute approximate surface area is 105 Å². The number of fused-ring (bicyclic) bond motifs is 1. The molecule has 4 N–H and O–H groups in total. The molecular weight excluding hydrogens is 238 g/mol. The van der Waals surface area contributed by atoms with E-state index in [0.29, 0.717) is 17.1 Å². The van der Waals surface area contributed by atoms with Crippen molar-refractivity contribution in [3.8, 4) is 11.5 Å². The first-order chi connectivity index (χ1) is 8.70. The SMILES string of the molecule is OCC(O)CNCC(O)c1ccc2c(c1)OCO2. The van der Waals surface area contributed by atoms with Gasteiger partial charge < -0.3 is 30.1 Å². The Balaban J connectivity index is 1.87. The van der Waals surface area contributed by atoms with Crippen LogP contribution in [0.2, 0.25) is 0 Å². The molecule has 1 aliphatic heterocycles. The number of hydrogen-bond donors (Lipinski definition) is 4. The van der Waals surface area contributed by atoms with Crippen LogP contribution in [0.25, 0.3) is 0 Å². The molecule has 1 aliphatic rings. The number of aliphatic hydroxyl groups is 3. The van der Waals surface area contributed by atoms with E-state index < -0.39 is 12.2 Å². The number of rotatable bonds is 6. The average Bonchev–Trinajstić information content (AvgIpc) is 2.85. The predicted molar refractivity (Wildman–Crippen MR) is 63.5 cm³/mol. The van der Waals surface area contributed by atoms with Gasteiger partial charge >= 0.3 is 0 Å². The van der Waals surface area contributed by atoms with Crippen molar-refractivity contribution in [2.75, 3.05) is 26.5 Å². The molecule has 0 saturated heterocycles. The summed E-state index contributed by atoms with van der Waals surface area (Å²) in [4.78, 5) is 0. The zero-order valence-corrected chi connectivity index (χ0v) is 9.87. The van der Waals surface area contributed by atoms with Crippen LogP contribution >= 0.6 is 0 Å². The van der Waals surface area contributed by atoms with Crippen LogP contribution in [-0.2, 0) is 0 Å². The van der Waals surface area contributed by atoms with Gasteiger partial charge in [-0.2, -0.15) is 0 Å². The molecule has 1 heterocycles. The molecule has 6 heteroatoms. The lowest BCUT2D eigenvalue weighted by Crippen LogP contribution is -2.32. The Morgan fingerprint density at radius 2 is 1.94 bits per heavy atom. The summed E-state index contributed by atoms with van der Waals surface area (Å²) in [6.07, 6.45) is -1.51. The molecule has 1 aromatic rings. The molecule has 0 saturated carbocycles. The van der Waals surface area contributed by atoms with Crippen molar-refractivity contribution in [2.24, 2.45) is 0 Å². The van der Waals surface area contributed by atoms with Crippen molar-refractivity contribution in [1.29, 1.82) is 0 Å². The number of aliphatic hydroxyl groups excluding tert-OH is 3. The lowest BCUT2D eigenvalue weighted by molar-refractivity contribution is 0.0890. The molecule has 18 heavy (non-hydrogen) atoms. The van der Waals surface area contributed by atoms with E-state index in [0.717, 1.165) is 0 Å². The van der Waals surface area contributed by atoms with E-state index in [9.17, 15) is 5.11 Å². The zero-order valence-electron chi connectivity index (χ0n) is 9.87. The highest BCUT2D eigenvalue weighted by Gasteiger charge is 2.16. The first-order valence-corrected chi connectivity index (χ1v) is 5.78. The summed E-state index contributed by atoms with van der Waals surface area (Å²) >= 11 is 0. The minimum atomic E-state index is -0.811. The lowest BCUT2D eigenvalue weighted by Gasteiger charge is -2.14. The topological polar surface area (TPSA) is 91.2 Å². The van der Waals surface area contributed by atoms with E-state index >= 15 is 0 Å². The van der Waals surface area contributed by atoms with Gasteiger partial charge in [-0.3, -0.25) is 0 Å². The molecule has 0 bridgehead atoms. The van der Waals surface area contributed by atoms with E-state index in [4.69, 9.17) is 19.7 Å². The monoisotopic (exact) mass is 255 g/mol. The fraction of sp³-hybridized carbons (Fsp3) is 0.500. The van der Waals surface area contributed by atoms with Crippen molar-refractivity contribution < 1.29 is 24.8 Å². The van der Waals surface area contributed by atoms with Gasteiger partial charge in [-0.1, -0.05) is 6.07 Å². The second kappa shape index (κ2) is 6.01. The minimum Gasteiger partial charge on any atom is -0.454 e. The molecule has 0 aliphatic carbocycles. The molecular formula is C12H17NO5. The second-order valence-electron chi connectivity index (χ2n) is 4.12. The molecule has 0 spiro atoms. The Morgan fingerprint density at radius 3 is 2.72 bits per heavy atom. The summed E-state index contributed by atoms with van der Waals surface area (Å²) in [5.41, 5.74) is 0.713. The van der Waals surface area contributed by atoms with Gasteiger partial charge in [0.15, 0.2) is 11.5 Å². The fourth-order valence-electron chi connectivity index (χ4n) is 1.69.